The van der Waals surface area contributed by atoms with Gasteiger partial charge in [-0.1, -0.05) is 38.0 Å². The van der Waals surface area contributed by atoms with Gasteiger partial charge in [-0.2, -0.15) is 0 Å². The van der Waals surface area contributed by atoms with Gasteiger partial charge >= 0.3 is 0 Å². The van der Waals surface area contributed by atoms with Crippen molar-refractivity contribution in [3.63, 3.8) is 0 Å². The molecule has 1 N–H and O–H groups in total. The second-order valence-corrected chi connectivity index (χ2v) is 3.48. The number of benzene rings is 1. The molecule has 0 unspecified atom stereocenters. The fraction of sp³-hybridized carbons (Fsp3) is 0.500. The SMILES string of the molecule is CCCCCNCc1ccccc1F. The van der Waals surface area contributed by atoms with Gasteiger partial charge in [-0.3, -0.25) is 0 Å². The molecular formula is C12H18FN. The van der Waals surface area contributed by atoms with Gasteiger partial charge in [0.2, 0.25) is 0 Å². The third-order valence-corrected chi connectivity index (χ3v) is 2.23. The van der Waals surface area contributed by atoms with Crippen LogP contribution in [0.15, 0.2) is 24.3 Å². The number of rotatable bonds is 6. The van der Waals surface area contributed by atoms with Gasteiger partial charge < -0.3 is 5.32 Å². The van der Waals surface area contributed by atoms with Gasteiger partial charge in [0.25, 0.3) is 0 Å². The van der Waals surface area contributed by atoms with Crippen molar-refractivity contribution in [1.29, 1.82) is 0 Å². The van der Waals surface area contributed by atoms with Crippen molar-refractivity contribution in [2.75, 3.05) is 6.54 Å². The lowest BCUT2D eigenvalue weighted by atomic mass is 10.2. The highest BCUT2D eigenvalue weighted by atomic mass is 19.1. The van der Waals surface area contributed by atoms with E-state index in [1.54, 1.807) is 6.07 Å². The maximum absolute atomic E-state index is 13.1. The summed E-state index contributed by atoms with van der Waals surface area (Å²) in [5.41, 5.74) is 0.754. The molecule has 1 nitrogen and oxygen atoms in total. The van der Waals surface area contributed by atoms with E-state index in [0.717, 1.165) is 12.1 Å². The summed E-state index contributed by atoms with van der Waals surface area (Å²) in [4.78, 5) is 0. The molecule has 1 aromatic rings. The Labute approximate surface area is 85.3 Å². The molecule has 1 rings (SSSR count). The minimum Gasteiger partial charge on any atom is -0.313 e. The molecular weight excluding hydrogens is 177 g/mol. The minimum atomic E-state index is -0.115. The maximum Gasteiger partial charge on any atom is 0.127 e. The van der Waals surface area contributed by atoms with Gasteiger partial charge in [0, 0.05) is 12.1 Å². The van der Waals surface area contributed by atoms with E-state index in [4.69, 9.17) is 0 Å². The van der Waals surface area contributed by atoms with Gasteiger partial charge in [0.1, 0.15) is 5.82 Å². The van der Waals surface area contributed by atoms with Crippen LogP contribution in [0.5, 0.6) is 0 Å². The van der Waals surface area contributed by atoms with Crippen molar-refractivity contribution in [2.45, 2.75) is 32.7 Å². The first-order valence-electron chi connectivity index (χ1n) is 5.28. The van der Waals surface area contributed by atoms with E-state index in [9.17, 15) is 4.39 Å². The van der Waals surface area contributed by atoms with Crippen molar-refractivity contribution in [3.05, 3.63) is 35.6 Å². The van der Waals surface area contributed by atoms with Gasteiger partial charge in [0.05, 0.1) is 0 Å². The first-order chi connectivity index (χ1) is 6.84. The normalized spacial score (nSPS) is 10.4. The lowest BCUT2D eigenvalue weighted by Gasteiger charge is -2.04. The lowest BCUT2D eigenvalue weighted by molar-refractivity contribution is 0.573. The molecule has 0 bridgehead atoms. The molecule has 0 aromatic heterocycles. The van der Waals surface area contributed by atoms with E-state index in [1.807, 2.05) is 12.1 Å². The molecule has 2 heteroatoms. The highest BCUT2D eigenvalue weighted by Crippen LogP contribution is 2.05. The van der Waals surface area contributed by atoms with Crippen molar-refractivity contribution in [2.24, 2.45) is 0 Å². The molecule has 0 radical (unpaired) electrons. The summed E-state index contributed by atoms with van der Waals surface area (Å²) in [6.45, 7) is 3.79. The summed E-state index contributed by atoms with van der Waals surface area (Å²) >= 11 is 0. The first-order valence-corrected chi connectivity index (χ1v) is 5.28. The molecule has 0 spiro atoms. The van der Waals surface area contributed by atoms with E-state index in [1.165, 1.54) is 25.3 Å². The summed E-state index contributed by atoms with van der Waals surface area (Å²) < 4.78 is 13.1. The zero-order chi connectivity index (χ0) is 10.2. The summed E-state index contributed by atoms with van der Waals surface area (Å²) in [6.07, 6.45) is 3.64. The second kappa shape index (κ2) is 6.55. The maximum atomic E-state index is 13.1. The van der Waals surface area contributed by atoms with Crippen LogP contribution in [-0.2, 0) is 6.54 Å². The van der Waals surface area contributed by atoms with Crippen molar-refractivity contribution in [3.8, 4) is 0 Å². The topological polar surface area (TPSA) is 12.0 Å². The third-order valence-electron chi connectivity index (χ3n) is 2.23. The monoisotopic (exact) mass is 195 g/mol. The van der Waals surface area contributed by atoms with Gasteiger partial charge in [-0.25, -0.2) is 4.39 Å². The Kier molecular flexibility index (Phi) is 5.23. The fourth-order valence-electron chi connectivity index (χ4n) is 1.36. The van der Waals surface area contributed by atoms with Crippen LogP contribution in [0, 0.1) is 5.82 Å². The summed E-state index contributed by atoms with van der Waals surface area (Å²) in [7, 11) is 0. The molecule has 0 aliphatic carbocycles. The molecule has 0 fully saturated rings. The zero-order valence-corrected chi connectivity index (χ0v) is 8.72. The van der Waals surface area contributed by atoms with Crippen molar-refractivity contribution in [1.82, 2.24) is 5.32 Å². The Hall–Kier alpha value is -0.890. The molecule has 1 aromatic carbocycles. The van der Waals surface area contributed by atoms with Gasteiger partial charge in [0.15, 0.2) is 0 Å². The first kappa shape index (κ1) is 11.2. The summed E-state index contributed by atoms with van der Waals surface area (Å²) in [5.74, 6) is -0.115. The molecule has 0 amide bonds. The third kappa shape index (κ3) is 3.88. The van der Waals surface area contributed by atoms with Crippen LogP contribution < -0.4 is 5.32 Å². The Morgan fingerprint density at radius 1 is 1.21 bits per heavy atom. The quantitative estimate of drug-likeness (QED) is 0.688. The summed E-state index contributed by atoms with van der Waals surface area (Å²) in [6, 6.07) is 6.91. The Balaban J connectivity index is 2.21. The van der Waals surface area contributed by atoms with Crippen LogP contribution in [0.25, 0.3) is 0 Å². The predicted molar refractivity (Wildman–Crippen MR) is 57.6 cm³/mol. The van der Waals surface area contributed by atoms with Crippen LogP contribution >= 0.6 is 0 Å². The van der Waals surface area contributed by atoms with E-state index in [-0.39, 0.29) is 5.82 Å². The van der Waals surface area contributed by atoms with E-state index in [0.29, 0.717) is 6.54 Å². The average molecular weight is 195 g/mol. The molecule has 0 saturated carbocycles. The van der Waals surface area contributed by atoms with Gasteiger partial charge in [-0.15, -0.1) is 0 Å². The molecule has 0 aliphatic heterocycles. The molecule has 0 saturated heterocycles. The van der Waals surface area contributed by atoms with Crippen LogP contribution in [0.4, 0.5) is 4.39 Å². The van der Waals surface area contributed by atoms with Crippen LogP contribution in [0.1, 0.15) is 31.7 Å². The number of hydrogen-bond donors (Lipinski definition) is 1. The van der Waals surface area contributed by atoms with Gasteiger partial charge in [-0.05, 0) is 19.0 Å². The number of halogens is 1. The Morgan fingerprint density at radius 2 is 2.00 bits per heavy atom. The molecule has 14 heavy (non-hydrogen) atoms. The zero-order valence-electron chi connectivity index (χ0n) is 8.72. The van der Waals surface area contributed by atoms with Crippen molar-refractivity contribution < 1.29 is 4.39 Å². The van der Waals surface area contributed by atoms with Crippen LogP contribution in [0.2, 0.25) is 0 Å². The van der Waals surface area contributed by atoms with E-state index < -0.39 is 0 Å². The standard InChI is InChI=1S/C12H18FN/c1-2-3-6-9-14-10-11-7-4-5-8-12(11)13/h4-5,7-8,14H,2-3,6,9-10H2,1H3. The lowest BCUT2D eigenvalue weighted by Crippen LogP contribution is -2.15. The average Bonchev–Trinajstić information content (AvgIpc) is 2.20. The smallest absolute Gasteiger partial charge is 0.127 e. The van der Waals surface area contributed by atoms with E-state index >= 15 is 0 Å². The van der Waals surface area contributed by atoms with E-state index in [2.05, 4.69) is 12.2 Å². The highest BCUT2D eigenvalue weighted by Gasteiger charge is 1.98. The highest BCUT2D eigenvalue weighted by molar-refractivity contribution is 5.16. The molecule has 0 heterocycles. The molecule has 0 atom stereocenters. The summed E-state index contributed by atoms with van der Waals surface area (Å²) in [5, 5.41) is 3.24. The Morgan fingerprint density at radius 3 is 2.71 bits per heavy atom. The van der Waals surface area contributed by atoms with Crippen molar-refractivity contribution >= 4 is 0 Å². The number of unbranched alkanes of at least 4 members (excludes halogenated alkanes) is 2. The second-order valence-electron chi connectivity index (χ2n) is 3.48. The predicted octanol–water partition coefficient (Wildman–Crippen LogP) is 3.11. The number of hydrogen-bond acceptors (Lipinski definition) is 1. The fourth-order valence-corrected chi connectivity index (χ4v) is 1.36. The number of nitrogens with one attached hydrogen (secondary N) is 1. The minimum absolute atomic E-state index is 0.115. The molecule has 78 valence electrons. The largest absolute Gasteiger partial charge is 0.313 e. The Bertz CT molecular complexity index is 260. The molecule has 0 aliphatic rings. The van der Waals surface area contributed by atoms with Crippen LogP contribution in [0.3, 0.4) is 0 Å². The van der Waals surface area contributed by atoms with Crippen LogP contribution in [-0.4, -0.2) is 6.54 Å².